The summed E-state index contributed by atoms with van der Waals surface area (Å²) in [5, 5.41) is 18.1. The Balaban J connectivity index is 2.29. The Hall–Kier alpha value is -2.37. The van der Waals surface area contributed by atoms with Gasteiger partial charge in [0, 0.05) is 5.69 Å². The summed E-state index contributed by atoms with van der Waals surface area (Å²) in [5.74, 6) is -4.10. The summed E-state index contributed by atoms with van der Waals surface area (Å²) in [6, 6.07) is 8.42. The van der Waals surface area contributed by atoms with Crippen LogP contribution in [0.3, 0.4) is 0 Å². The van der Waals surface area contributed by atoms with E-state index in [4.69, 9.17) is 10.2 Å². The van der Waals surface area contributed by atoms with Crippen LogP contribution in [0.2, 0.25) is 0 Å². The number of carboxylic acid groups (broad SMARTS) is 2. The highest BCUT2D eigenvalue weighted by Crippen LogP contribution is 2.59. The van der Waals surface area contributed by atoms with Crippen molar-refractivity contribution in [3.63, 3.8) is 0 Å². The van der Waals surface area contributed by atoms with E-state index in [1.165, 1.54) is 0 Å². The van der Waals surface area contributed by atoms with Crippen LogP contribution < -0.4 is 4.90 Å². The fourth-order valence-corrected chi connectivity index (χ4v) is 2.77. The molecule has 2 atom stereocenters. The molecule has 2 rings (SSSR count). The maximum absolute atomic E-state index is 12.6. The van der Waals surface area contributed by atoms with E-state index in [0.29, 0.717) is 5.69 Å². The van der Waals surface area contributed by atoms with Crippen molar-refractivity contribution >= 4 is 23.5 Å². The first-order valence-corrected chi connectivity index (χ1v) is 6.58. The molecule has 0 bridgehead atoms. The largest absolute Gasteiger partial charge is 0.481 e. The van der Waals surface area contributed by atoms with Crippen molar-refractivity contribution in [2.24, 2.45) is 17.3 Å². The third kappa shape index (κ3) is 2.74. The van der Waals surface area contributed by atoms with Gasteiger partial charge in [0.15, 0.2) is 0 Å². The van der Waals surface area contributed by atoms with Gasteiger partial charge >= 0.3 is 11.9 Å². The summed E-state index contributed by atoms with van der Waals surface area (Å²) in [4.78, 5) is 35.9. The Bertz CT molecular complexity index is 581. The molecular formula is C15H17NO5. The van der Waals surface area contributed by atoms with Crippen molar-refractivity contribution in [3.8, 4) is 0 Å². The van der Waals surface area contributed by atoms with Gasteiger partial charge in [-0.1, -0.05) is 32.0 Å². The summed E-state index contributed by atoms with van der Waals surface area (Å²) < 4.78 is 0. The highest BCUT2D eigenvalue weighted by Gasteiger charge is 2.66. The number of nitrogens with zero attached hydrogens (tertiary/aromatic N) is 1. The first-order valence-electron chi connectivity index (χ1n) is 6.58. The minimum Gasteiger partial charge on any atom is -0.481 e. The van der Waals surface area contributed by atoms with Crippen molar-refractivity contribution in [1.82, 2.24) is 0 Å². The van der Waals surface area contributed by atoms with Gasteiger partial charge in [0.05, 0.1) is 11.8 Å². The number of benzene rings is 1. The summed E-state index contributed by atoms with van der Waals surface area (Å²) in [5.41, 5.74) is -0.203. The molecule has 2 N–H and O–H groups in total. The smallest absolute Gasteiger partial charge is 0.323 e. The number of carbonyl (C=O) groups is 3. The fourth-order valence-electron chi connectivity index (χ4n) is 2.77. The normalized spacial score (nSPS) is 22.4. The Kier molecular flexibility index (Phi) is 3.72. The number of rotatable bonds is 5. The molecule has 112 valence electrons. The first kappa shape index (κ1) is 15.0. The minimum atomic E-state index is -1.14. The lowest BCUT2D eigenvalue weighted by molar-refractivity contribution is -0.140. The van der Waals surface area contributed by atoms with Crippen LogP contribution in [0.15, 0.2) is 30.3 Å². The van der Waals surface area contributed by atoms with E-state index in [1.807, 2.05) is 0 Å². The molecule has 0 radical (unpaired) electrons. The highest BCUT2D eigenvalue weighted by atomic mass is 16.4. The maximum atomic E-state index is 12.6. The number of carboxylic acids is 2. The van der Waals surface area contributed by atoms with E-state index in [1.54, 1.807) is 44.2 Å². The van der Waals surface area contributed by atoms with Gasteiger partial charge in [0.1, 0.15) is 6.54 Å². The van der Waals surface area contributed by atoms with Crippen molar-refractivity contribution in [3.05, 3.63) is 30.3 Å². The van der Waals surface area contributed by atoms with Gasteiger partial charge in [-0.05, 0) is 17.5 Å². The first-order chi connectivity index (χ1) is 9.76. The lowest BCUT2D eigenvalue weighted by Crippen LogP contribution is -2.38. The average Bonchev–Trinajstić information content (AvgIpc) is 2.99. The zero-order chi connectivity index (χ0) is 15.8. The Morgan fingerprint density at radius 3 is 2.10 bits per heavy atom. The van der Waals surface area contributed by atoms with E-state index >= 15 is 0 Å². The van der Waals surface area contributed by atoms with Gasteiger partial charge in [-0.2, -0.15) is 0 Å². The predicted octanol–water partition coefficient (Wildman–Crippen LogP) is 1.46. The van der Waals surface area contributed by atoms with Crippen molar-refractivity contribution in [1.29, 1.82) is 0 Å². The van der Waals surface area contributed by atoms with Gasteiger partial charge in [-0.3, -0.25) is 14.4 Å². The molecule has 0 saturated heterocycles. The molecule has 0 unspecified atom stereocenters. The minimum absolute atomic E-state index is 0.455. The summed E-state index contributed by atoms with van der Waals surface area (Å²) >= 11 is 0. The van der Waals surface area contributed by atoms with Gasteiger partial charge < -0.3 is 15.1 Å². The molecule has 1 aliphatic rings. The monoisotopic (exact) mass is 291 g/mol. The SMILES string of the molecule is CC1(C)[C@H](C(=O)O)[C@@H]1C(=O)N(CC(=O)O)c1ccccc1. The number of para-hydroxylation sites is 1. The second-order valence-electron chi connectivity index (χ2n) is 5.77. The van der Waals surface area contributed by atoms with Gasteiger partial charge in [-0.15, -0.1) is 0 Å². The third-order valence-corrected chi connectivity index (χ3v) is 3.99. The summed E-state index contributed by atoms with van der Waals surface area (Å²) in [7, 11) is 0. The van der Waals surface area contributed by atoms with Crippen LogP contribution in [-0.4, -0.2) is 34.6 Å². The van der Waals surface area contributed by atoms with E-state index in [-0.39, 0.29) is 0 Å². The molecule has 1 aromatic rings. The Labute approximate surface area is 122 Å². The van der Waals surface area contributed by atoms with Gasteiger partial charge in [0.25, 0.3) is 0 Å². The summed E-state index contributed by atoms with van der Waals surface area (Å²) in [6.45, 7) is 2.93. The predicted molar refractivity (Wildman–Crippen MR) is 74.8 cm³/mol. The number of anilines is 1. The zero-order valence-electron chi connectivity index (χ0n) is 11.8. The van der Waals surface area contributed by atoms with E-state index in [0.717, 1.165) is 4.90 Å². The van der Waals surface area contributed by atoms with Crippen LogP contribution in [0.25, 0.3) is 0 Å². The number of carbonyl (C=O) groups excluding carboxylic acids is 1. The topological polar surface area (TPSA) is 94.9 Å². The molecule has 0 aromatic heterocycles. The second kappa shape index (κ2) is 5.20. The molecule has 0 spiro atoms. The van der Waals surface area contributed by atoms with E-state index in [9.17, 15) is 14.4 Å². The lowest BCUT2D eigenvalue weighted by atomic mass is 10.1. The van der Waals surface area contributed by atoms with Crippen LogP contribution >= 0.6 is 0 Å². The summed E-state index contributed by atoms with van der Waals surface area (Å²) in [6.07, 6.45) is 0. The highest BCUT2D eigenvalue weighted by molar-refractivity contribution is 6.03. The molecule has 1 aromatic carbocycles. The molecule has 1 saturated carbocycles. The molecule has 1 amide bonds. The lowest BCUT2D eigenvalue weighted by Gasteiger charge is -2.21. The number of hydrogen-bond acceptors (Lipinski definition) is 3. The molecule has 0 heterocycles. The molecule has 6 nitrogen and oxygen atoms in total. The quantitative estimate of drug-likeness (QED) is 0.856. The molecule has 0 aliphatic heterocycles. The molecule has 1 fully saturated rings. The molecular weight excluding hydrogens is 274 g/mol. The number of aliphatic carboxylic acids is 2. The van der Waals surface area contributed by atoms with Crippen molar-refractivity contribution < 1.29 is 24.6 Å². The van der Waals surface area contributed by atoms with Crippen molar-refractivity contribution in [2.75, 3.05) is 11.4 Å². The fraction of sp³-hybridized carbons (Fsp3) is 0.400. The molecule has 6 heteroatoms. The standard InChI is InChI=1S/C15H17NO5/c1-15(2)11(12(15)14(20)21)13(19)16(8-10(17)18)9-6-4-3-5-7-9/h3-7,11-12H,8H2,1-2H3,(H,17,18)(H,20,21)/t11-,12+/m1/s1. The van der Waals surface area contributed by atoms with Crippen LogP contribution in [0.5, 0.6) is 0 Å². The third-order valence-electron chi connectivity index (χ3n) is 3.99. The number of hydrogen-bond donors (Lipinski definition) is 2. The Morgan fingerprint density at radius 1 is 1.10 bits per heavy atom. The van der Waals surface area contributed by atoms with E-state index < -0.39 is 41.6 Å². The van der Waals surface area contributed by atoms with Crippen LogP contribution in [-0.2, 0) is 14.4 Å². The van der Waals surface area contributed by atoms with Crippen LogP contribution in [0.4, 0.5) is 5.69 Å². The van der Waals surface area contributed by atoms with Gasteiger partial charge in [-0.25, -0.2) is 0 Å². The van der Waals surface area contributed by atoms with Crippen LogP contribution in [0, 0.1) is 17.3 Å². The van der Waals surface area contributed by atoms with Crippen molar-refractivity contribution in [2.45, 2.75) is 13.8 Å². The maximum Gasteiger partial charge on any atom is 0.323 e. The second-order valence-corrected chi connectivity index (χ2v) is 5.77. The molecule has 21 heavy (non-hydrogen) atoms. The Morgan fingerprint density at radius 2 is 1.67 bits per heavy atom. The zero-order valence-corrected chi connectivity index (χ0v) is 11.8. The van der Waals surface area contributed by atoms with Gasteiger partial charge in [0.2, 0.25) is 5.91 Å². The van der Waals surface area contributed by atoms with E-state index in [2.05, 4.69) is 0 Å². The molecule has 1 aliphatic carbocycles. The van der Waals surface area contributed by atoms with Crippen LogP contribution in [0.1, 0.15) is 13.8 Å². The number of amides is 1. The average molecular weight is 291 g/mol.